The van der Waals surface area contributed by atoms with E-state index in [-0.39, 0.29) is 5.75 Å². The molecule has 0 saturated carbocycles. The Balaban J connectivity index is 1.62. The highest BCUT2D eigenvalue weighted by Crippen LogP contribution is 2.24. The second kappa shape index (κ2) is 7.54. The first-order valence-corrected chi connectivity index (χ1v) is 10.1. The molecular weight excluding hydrogens is 358 g/mol. The Morgan fingerprint density at radius 1 is 1.12 bits per heavy atom. The highest BCUT2D eigenvalue weighted by Gasteiger charge is 2.18. The van der Waals surface area contributed by atoms with Gasteiger partial charge in [-0.15, -0.1) is 11.3 Å². The molecule has 0 aliphatic rings. The molecule has 0 saturated heterocycles. The van der Waals surface area contributed by atoms with E-state index in [1.54, 1.807) is 48.1 Å². The standard InChI is InChI=1S/C17H15N3O3S2/c21-16(12-25(22,23)11-13-5-2-1-3-6-13)20-17-19-15(10-24-17)14-7-4-8-18-9-14/h1-10H,11-12H2,(H,19,20,21). The van der Waals surface area contributed by atoms with E-state index in [0.29, 0.717) is 16.4 Å². The normalized spacial score (nSPS) is 11.2. The Labute approximate surface area is 149 Å². The van der Waals surface area contributed by atoms with Crippen molar-refractivity contribution in [1.29, 1.82) is 0 Å². The monoisotopic (exact) mass is 373 g/mol. The maximum Gasteiger partial charge on any atom is 0.241 e. The summed E-state index contributed by atoms with van der Waals surface area (Å²) >= 11 is 1.24. The van der Waals surface area contributed by atoms with Gasteiger partial charge in [-0.05, 0) is 17.7 Å². The molecule has 128 valence electrons. The number of rotatable bonds is 6. The summed E-state index contributed by atoms with van der Waals surface area (Å²) < 4.78 is 24.3. The fraction of sp³-hybridized carbons (Fsp3) is 0.118. The van der Waals surface area contributed by atoms with Crippen LogP contribution in [0.25, 0.3) is 11.3 Å². The largest absolute Gasteiger partial charge is 0.301 e. The van der Waals surface area contributed by atoms with Gasteiger partial charge in [0, 0.05) is 23.3 Å². The molecule has 3 rings (SSSR count). The number of benzene rings is 1. The average Bonchev–Trinajstić information content (AvgIpc) is 3.04. The SMILES string of the molecule is O=C(CS(=O)(=O)Cc1ccccc1)Nc1nc(-c2cccnc2)cs1. The molecule has 2 heterocycles. The minimum Gasteiger partial charge on any atom is -0.301 e. The van der Waals surface area contributed by atoms with Gasteiger partial charge < -0.3 is 5.32 Å². The lowest BCUT2D eigenvalue weighted by atomic mass is 10.2. The summed E-state index contributed by atoms with van der Waals surface area (Å²) in [6, 6.07) is 12.4. The van der Waals surface area contributed by atoms with Crippen molar-refractivity contribution in [3.63, 3.8) is 0 Å². The highest BCUT2D eigenvalue weighted by molar-refractivity contribution is 7.91. The molecule has 3 aromatic rings. The molecule has 8 heteroatoms. The second-order valence-electron chi connectivity index (χ2n) is 5.35. The van der Waals surface area contributed by atoms with Gasteiger partial charge >= 0.3 is 0 Å². The highest BCUT2D eigenvalue weighted by atomic mass is 32.2. The number of carbonyl (C=O) groups is 1. The lowest BCUT2D eigenvalue weighted by Crippen LogP contribution is -2.23. The van der Waals surface area contributed by atoms with E-state index < -0.39 is 21.5 Å². The number of aromatic nitrogens is 2. The van der Waals surface area contributed by atoms with Crippen LogP contribution >= 0.6 is 11.3 Å². The van der Waals surface area contributed by atoms with Crippen LogP contribution in [0, 0.1) is 0 Å². The number of thiazole rings is 1. The second-order valence-corrected chi connectivity index (χ2v) is 8.27. The van der Waals surface area contributed by atoms with Crippen LogP contribution in [0.4, 0.5) is 5.13 Å². The van der Waals surface area contributed by atoms with E-state index in [9.17, 15) is 13.2 Å². The van der Waals surface area contributed by atoms with Crippen molar-refractivity contribution in [2.24, 2.45) is 0 Å². The van der Waals surface area contributed by atoms with Gasteiger partial charge in [0.1, 0.15) is 5.75 Å². The van der Waals surface area contributed by atoms with Crippen LogP contribution < -0.4 is 5.32 Å². The predicted octanol–water partition coefficient (Wildman–Crippen LogP) is 2.76. The molecular formula is C17H15N3O3S2. The third kappa shape index (κ3) is 4.94. The van der Waals surface area contributed by atoms with Crippen LogP contribution in [0.15, 0.2) is 60.2 Å². The first kappa shape index (κ1) is 17.2. The zero-order valence-electron chi connectivity index (χ0n) is 13.1. The summed E-state index contributed by atoms with van der Waals surface area (Å²) in [5, 5.41) is 4.69. The van der Waals surface area contributed by atoms with Crippen LogP contribution in [0.5, 0.6) is 0 Å². The lowest BCUT2D eigenvalue weighted by Gasteiger charge is -2.04. The molecule has 0 aliphatic heterocycles. The molecule has 2 aromatic heterocycles. The first-order valence-electron chi connectivity index (χ1n) is 7.42. The number of amides is 1. The van der Waals surface area contributed by atoms with Crippen LogP contribution in [0.2, 0.25) is 0 Å². The van der Waals surface area contributed by atoms with Crippen molar-refractivity contribution in [3.05, 3.63) is 65.8 Å². The first-order chi connectivity index (χ1) is 12.0. The molecule has 6 nitrogen and oxygen atoms in total. The number of sulfone groups is 1. The fourth-order valence-electron chi connectivity index (χ4n) is 2.21. The van der Waals surface area contributed by atoms with Crippen molar-refractivity contribution in [1.82, 2.24) is 9.97 Å². The van der Waals surface area contributed by atoms with E-state index in [1.165, 1.54) is 11.3 Å². The number of carbonyl (C=O) groups excluding carboxylic acids is 1. The van der Waals surface area contributed by atoms with Crippen molar-refractivity contribution >= 4 is 32.2 Å². The summed E-state index contributed by atoms with van der Waals surface area (Å²) in [4.78, 5) is 20.3. The number of nitrogens with zero attached hydrogens (tertiary/aromatic N) is 2. The van der Waals surface area contributed by atoms with Crippen molar-refractivity contribution < 1.29 is 13.2 Å². The fourth-order valence-corrected chi connectivity index (χ4v) is 4.22. The van der Waals surface area contributed by atoms with E-state index in [4.69, 9.17) is 0 Å². The third-order valence-electron chi connectivity index (χ3n) is 3.29. The predicted molar refractivity (Wildman–Crippen MR) is 97.9 cm³/mol. The van der Waals surface area contributed by atoms with Crippen LogP contribution in [0.3, 0.4) is 0 Å². The Kier molecular flexibility index (Phi) is 5.20. The summed E-state index contributed by atoms with van der Waals surface area (Å²) in [6.45, 7) is 0. The quantitative estimate of drug-likeness (QED) is 0.718. The number of nitrogens with one attached hydrogen (secondary N) is 1. The number of anilines is 1. The lowest BCUT2D eigenvalue weighted by molar-refractivity contribution is -0.113. The summed E-state index contributed by atoms with van der Waals surface area (Å²) in [5.41, 5.74) is 2.17. The van der Waals surface area contributed by atoms with Gasteiger partial charge in [0.25, 0.3) is 0 Å². The minimum atomic E-state index is -3.54. The molecule has 0 unspecified atom stereocenters. The number of hydrogen-bond donors (Lipinski definition) is 1. The van der Waals surface area contributed by atoms with Crippen molar-refractivity contribution in [3.8, 4) is 11.3 Å². The number of pyridine rings is 1. The van der Waals surface area contributed by atoms with Crippen LogP contribution in [0.1, 0.15) is 5.56 Å². The van der Waals surface area contributed by atoms with Crippen LogP contribution in [-0.4, -0.2) is 30.0 Å². The number of hydrogen-bond acceptors (Lipinski definition) is 6. The Morgan fingerprint density at radius 2 is 1.92 bits per heavy atom. The maximum absolute atomic E-state index is 12.1. The Bertz CT molecular complexity index is 955. The molecule has 25 heavy (non-hydrogen) atoms. The van der Waals surface area contributed by atoms with E-state index >= 15 is 0 Å². The molecule has 0 aliphatic carbocycles. The van der Waals surface area contributed by atoms with E-state index in [1.807, 2.05) is 12.1 Å². The zero-order valence-corrected chi connectivity index (χ0v) is 14.8. The zero-order chi connectivity index (χ0) is 17.7. The summed E-state index contributed by atoms with van der Waals surface area (Å²) in [6.07, 6.45) is 3.33. The minimum absolute atomic E-state index is 0.167. The van der Waals surface area contributed by atoms with Gasteiger partial charge in [-0.2, -0.15) is 0 Å². The van der Waals surface area contributed by atoms with Crippen LogP contribution in [-0.2, 0) is 20.4 Å². The van der Waals surface area contributed by atoms with Gasteiger partial charge in [-0.1, -0.05) is 30.3 Å². The summed E-state index contributed by atoms with van der Waals surface area (Å²) in [7, 11) is -3.54. The van der Waals surface area contributed by atoms with Gasteiger partial charge in [0.15, 0.2) is 15.0 Å². The van der Waals surface area contributed by atoms with E-state index in [0.717, 1.165) is 5.56 Å². The van der Waals surface area contributed by atoms with E-state index in [2.05, 4.69) is 15.3 Å². The smallest absolute Gasteiger partial charge is 0.241 e. The van der Waals surface area contributed by atoms with Gasteiger partial charge in [0.05, 0.1) is 11.4 Å². The third-order valence-corrected chi connectivity index (χ3v) is 5.52. The Hall–Kier alpha value is -2.58. The Morgan fingerprint density at radius 3 is 2.64 bits per heavy atom. The van der Waals surface area contributed by atoms with Crippen molar-refractivity contribution in [2.75, 3.05) is 11.1 Å². The average molecular weight is 373 g/mol. The maximum atomic E-state index is 12.1. The topological polar surface area (TPSA) is 89.0 Å². The van der Waals surface area contributed by atoms with Gasteiger partial charge in [-0.3, -0.25) is 9.78 Å². The van der Waals surface area contributed by atoms with Gasteiger partial charge in [-0.25, -0.2) is 13.4 Å². The van der Waals surface area contributed by atoms with Crippen molar-refractivity contribution in [2.45, 2.75) is 5.75 Å². The molecule has 1 amide bonds. The summed E-state index contributed by atoms with van der Waals surface area (Å²) in [5.74, 6) is -1.34. The van der Waals surface area contributed by atoms with Gasteiger partial charge in [0.2, 0.25) is 5.91 Å². The molecule has 0 fully saturated rings. The molecule has 0 atom stereocenters. The molecule has 1 N–H and O–H groups in total. The molecule has 0 bridgehead atoms. The molecule has 0 spiro atoms. The molecule has 0 radical (unpaired) electrons. The molecule has 1 aromatic carbocycles.